The normalized spacial score (nSPS) is 13.8. The molecule has 4 rings (SSSR count). The molecule has 3 aromatic rings. The fraction of sp³-hybridized carbons (Fsp3) is 0.464. The lowest BCUT2D eigenvalue weighted by Gasteiger charge is -2.26. The zero-order chi connectivity index (χ0) is 25.0. The van der Waals surface area contributed by atoms with E-state index in [4.69, 9.17) is 28.7 Å². The van der Waals surface area contributed by atoms with Crippen LogP contribution in [0.25, 0.3) is 0 Å². The smallest absolute Gasteiger partial charge is 0.119 e. The van der Waals surface area contributed by atoms with Gasteiger partial charge in [-0.2, -0.15) is 0 Å². The highest BCUT2D eigenvalue weighted by molar-refractivity contribution is 7.11. The van der Waals surface area contributed by atoms with Crippen LogP contribution < -0.4 is 15.6 Å². The molecule has 2 heterocycles. The molecule has 0 saturated carbocycles. The van der Waals surface area contributed by atoms with E-state index >= 15 is 0 Å². The molecule has 1 aliphatic heterocycles. The largest absolute Gasteiger partial charge is 0.491 e. The van der Waals surface area contributed by atoms with Crippen molar-refractivity contribution in [2.24, 2.45) is 0 Å². The van der Waals surface area contributed by atoms with Crippen LogP contribution in [-0.4, -0.2) is 76.8 Å². The summed E-state index contributed by atoms with van der Waals surface area (Å²) < 4.78 is 27.4. The number of ether oxygens (including phenoxy) is 5. The third-order valence-electron chi connectivity index (χ3n) is 5.93. The van der Waals surface area contributed by atoms with E-state index in [1.54, 1.807) is 25.6 Å². The van der Waals surface area contributed by atoms with Crippen molar-refractivity contribution in [2.45, 2.75) is 19.4 Å². The molecule has 9 heteroatoms. The molecule has 1 aliphatic rings. The summed E-state index contributed by atoms with van der Waals surface area (Å²) in [6, 6.07) is 16.6. The topological polar surface area (TPSA) is 97.3 Å². The Morgan fingerprint density at radius 2 is 1.43 bits per heavy atom. The van der Waals surface area contributed by atoms with Gasteiger partial charge in [0.1, 0.15) is 24.7 Å². The summed E-state index contributed by atoms with van der Waals surface area (Å²) in [5.74, 6) is 1.73. The Bertz CT molecular complexity index is 1070. The first-order chi connectivity index (χ1) is 17.7. The van der Waals surface area contributed by atoms with Crippen LogP contribution >= 0.6 is 11.3 Å². The Balaban J connectivity index is 0.00000380. The lowest BCUT2D eigenvalue weighted by atomic mass is 10.1. The molecule has 2 aromatic carbocycles. The van der Waals surface area contributed by atoms with Gasteiger partial charge in [-0.05, 0) is 35.4 Å². The van der Waals surface area contributed by atoms with Crippen LogP contribution in [0.2, 0.25) is 0 Å². The molecule has 1 aromatic heterocycles. The SMILES string of the molecule is COCCOc1cccc(Cc2nc(CN3CCOCC3)c(Cc3cccc(OCCOC)c3)s2)c1.N. The maximum absolute atomic E-state index is 5.83. The highest BCUT2D eigenvalue weighted by Gasteiger charge is 2.18. The monoisotopic (exact) mass is 529 g/mol. The molecule has 0 unspecified atom stereocenters. The number of morpholine rings is 1. The molecule has 1 fully saturated rings. The highest BCUT2D eigenvalue weighted by Crippen LogP contribution is 2.27. The average molecular weight is 530 g/mol. The maximum Gasteiger partial charge on any atom is 0.119 e. The van der Waals surface area contributed by atoms with Gasteiger partial charge in [-0.15, -0.1) is 11.3 Å². The van der Waals surface area contributed by atoms with Crippen LogP contribution in [0.3, 0.4) is 0 Å². The molecule has 0 atom stereocenters. The third-order valence-corrected chi connectivity index (χ3v) is 7.03. The minimum atomic E-state index is 0. The molecule has 202 valence electrons. The van der Waals surface area contributed by atoms with Gasteiger partial charge >= 0.3 is 0 Å². The van der Waals surface area contributed by atoms with E-state index in [1.807, 2.05) is 18.2 Å². The van der Waals surface area contributed by atoms with Crippen LogP contribution in [0, 0.1) is 0 Å². The van der Waals surface area contributed by atoms with E-state index in [0.717, 1.165) is 67.9 Å². The van der Waals surface area contributed by atoms with Crippen molar-refractivity contribution in [3.05, 3.63) is 75.2 Å². The lowest BCUT2D eigenvalue weighted by Crippen LogP contribution is -2.36. The molecular formula is C28H39N3O5S. The van der Waals surface area contributed by atoms with Gasteiger partial charge in [0.15, 0.2) is 0 Å². The summed E-state index contributed by atoms with van der Waals surface area (Å²) in [4.78, 5) is 8.85. The van der Waals surface area contributed by atoms with Crippen molar-refractivity contribution in [1.29, 1.82) is 0 Å². The highest BCUT2D eigenvalue weighted by atomic mass is 32.1. The van der Waals surface area contributed by atoms with E-state index in [9.17, 15) is 0 Å². The van der Waals surface area contributed by atoms with Gasteiger partial charge in [0.25, 0.3) is 0 Å². The second kappa shape index (κ2) is 15.7. The van der Waals surface area contributed by atoms with Gasteiger partial charge in [0.05, 0.1) is 37.1 Å². The van der Waals surface area contributed by atoms with Crippen molar-refractivity contribution in [3.8, 4) is 11.5 Å². The first-order valence-corrected chi connectivity index (χ1v) is 13.2. The zero-order valence-corrected chi connectivity index (χ0v) is 22.8. The number of methoxy groups -OCH3 is 2. The van der Waals surface area contributed by atoms with Crippen LogP contribution in [0.15, 0.2) is 48.5 Å². The Kier molecular flexibility index (Phi) is 12.3. The van der Waals surface area contributed by atoms with E-state index in [-0.39, 0.29) is 6.15 Å². The van der Waals surface area contributed by atoms with Crippen molar-refractivity contribution in [2.75, 3.05) is 67.0 Å². The van der Waals surface area contributed by atoms with E-state index in [2.05, 4.69) is 35.2 Å². The van der Waals surface area contributed by atoms with Crippen molar-refractivity contribution in [3.63, 3.8) is 0 Å². The first kappa shape index (κ1) is 29.0. The standard InChI is InChI=1S/C28H36N2O5S.H3N/c1-31-13-15-34-24-7-3-5-22(17-24)19-27-26(21-30-9-11-33-12-10-30)29-28(36-27)20-23-6-4-8-25(18-23)35-16-14-32-2;/h3-8,17-18H,9-16,19-21H2,1-2H3;1H3. The zero-order valence-electron chi connectivity index (χ0n) is 21.9. The maximum atomic E-state index is 5.83. The quantitative estimate of drug-likeness (QED) is 0.308. The van der Waals surface area contributed by atoms with Gasteiger partial charge in [0, 0.05) is 51.6 Å². The molecule has 0 spiro atoms. The predicted octanol–water partition coefficient (Wildman–Crippen LogP) is 4.37. The Morgan fingerprint density at radius 1 is 0.838 bits per heavy atom. The molecule has 8 nitrogen and oxygen atoms in total. The molecule has 3 N–H and O–H groups in total. The number of hydrogen-bond donors (Lipinski definition) is 1. The van der Waals surface area contributed by atoms with Crippen LogP contribution in [0.4, 0.5) is 0 Å². The Hall–Kier alpha value is -2.53. The van der Waals surface area contributed by atoms with Crippen molar-refractivity contribution >= 4 is 11.3 Å². The molecule has 0 radical (unpaired) electrons. The average Bonchev–Trinajstić information content (AvgIpc) is 3.25. The van der Waals surface area contributed by atoms with Gasteiger partial charge in [-0.1, -0.05) is 24.3 Å². The summed E-state index contributed by atoms with van der Waals surface area (Å²) >= 11 is 1.80. The summed E-state index contributed by atoms with van der Waals surface area (Å²) in [6.07, 6.45) is 1.61. The summed E-state index contributed by atoms with van der Waals surface area (Å²) in [7, 11) is 3.36. The molecule has 1 saturated heterocycles. The van der Waals surface area contributed by atoms with Crippen molar-refractivity contribution < 1.29 is 23.7 Å². The minimum Gasteiger partial charge on any atom is -0.491 e. The van der Waals surface area contributed by atoms with E-state index in [0.29, 0.717) is 26.4 Å². The van der Waals surface area contributed by atoms with Gasteiger partial charge in [0.2, 0.25) is 0 Å². The lowest BCUT2D eigenvalue weighted by molar-refractivity contribution is 0.0336. The van der Waals surface area contributed by atoms with Gasteiger partial charge in [-0.3, -0.25) is 4.90 Å². The van der Waals surface area contributed by atoms with Crippen LogP contribution in [0.5, 0.6) is 11.5 Å². The Labute approximate surface area is 224 Å². The molecule has 37 heavy (non-hydrogen) atoms. The number of aromatic nitrogens is 1. The summed E-state index contributed by atoms with van der Waals surface area (Å²) in [6.45, 7) is 6.52. The fourth-order valence-electron chi connectivity index (χ4n) is 4.08. The minimum absolute atomic E-state index is 0. The molecule has 0 bridgehead atoms. The third kappa shape index (κ3) is 9.37. The number of thiazole rings is 1. The molecule has 0 aliphatic carbocycles. The predicted molar refractivity (Wildman–Crippen MR) is 146 cm³/mol. The Morgan fingerprint density at radius 3 is 2.03 bits per heavy atom. The van der Waals surface area contributed by atoms with Gasteiger partial charge < -0.3 is 29.8 Å². The summed E-state index contributed by atoms with van der Waals surface area (Å²) in [5, 5.41) is 1.12. The van der Waals surface area contributed by atoms with Crippen LogP contribution in [-0.2, 0) is 33.6 Å². The second-order valence-electron chi connectivity index (χ2n) is 8.70. The van der Waals surface area contributed by atoms with E-state index < -0.39 is 0 Å². The summed E-state index contributed by atoms with van der Waals surface area (Å²) in [5.41, 5.74) is 3.57. The van der Waals surface area contributed by atoms with E-state index in [1.165, 1.54) is 16.0 Å². The molecular weight excluding hydrogens is 490 g/mol. The fourth-order valence-corrected chi connectivity index (χ4v) is 5.23. The number of rotatable bonds is 14. The molecule has 0 amide bonds. The number of benzene rings is 2. The first-order valence-electron chi connectivity index (χ1n) is 12.4. The van der Waals surface area contributed by atoms with Crippen molar-refractivity contribution in [1.82, 2.24) is 16.0 Å². The second-order valence-corrected chi connectivity index (χ2v) is 9.87. The number of hydrogen-bond acceptors (Lipinski definition) is 9. The van der Waals surface area contributed by atoms with Crippen LogP contribution in [0.1, 0.15) is 26.7 Å². The van der Waals surface area contributed by atoms with Gasteiger partial charge in [-0.25, -0.2) is 4.98 Å². The number of nitrogens with zero attached hydrogens (tertiary/aromatic N) is 2.